The van der Waals surface area contributed by atoms with Crippen molar-refractivity contribution in [1.82, 2.24) is 10.2 Å². The number of nitrogens with zero attached hydrogens (tertiary/aromatic N) is 1. The van der Waals surface area contributed by atoms with Gasteiger partial charge < -0.3 is 10.1 Å². The quantitative estimate of drug-likeness (QED) is 0.839. The molecule has 0 aliphatic carbocycles. The zero-order valence-corrected chi connectivity index (χ0v) is 13.8. The summed E-state index contributed by atoms with van der Waals surface area (Å²) in [7, 11) is 0. The van der Waals surface area contributed by atoms with Gasteiger partial charge in [-0.15, -0.1) is 11.3 Å². The molecule has 2 heterocycles. The number of carbonyl (C=O) groups is 1. The van der Waals surface area contributed by atoms with E-state index in [1.807, 2.05) is 6.07 Å². The third kappa shape index (κ3) is 5.41. The van der Waals surface area contributed by atoms with E-state index < -0.39 is 0 Å². The van der Waals surface area contributed by atoms with Crippen molar-refractivity contribution >= 4 is 17.2 Å². The highest BCUT2D eigenvalue weighted by Gasteiger charge is 2.24. The van der Waals surface area contributed by atoms with Crippen LogP contribution in [0.4, 0.5) is 0 Å². The number of aryl methyl sites for hydroxylation is 1. The number of ether oxygens (including phenoxy) is 1. The molecule has 5 heteroatoms. The Kier molecular flexibility index (Phi) is 6.67. The Morgan fingerprint density at radius 3 is 2.81 bits per heavy atom. The van der Waals surface area contributed by atoms with Crippen molar-refractivity contribution in [1.29, 1.82) is 0 Å². The van der Waals surface area contributed by atoms with Gasteiger partial charge in [0.15, 0.2) is 0 Å². The first kappa shape index (κ1) is 16.5. The Morgan fingerprint density at radius 2 is 2.19 bits per heavy atom. The van der Waals surface area contributed by atoms with E-state index in [0.29, 0.717) is 18.4 Å². The molecule has 0 aromatic carbocycles. The lowest BCUT2D eigenvalue weighted by Gasteiger charge is -2.36. The van der Waals surface area contributed by atoms with Crippen molar-refractivity contribution in [3.05, 3.63) is 22.4 Å². The Morgan fingerprint density at radius 1 is 1.43 bits per heavy atom. The molecular formula is C16H26N2O2S. The molecular weight excluding hydrogens is 284 g/mol. The molecule has 1 fully saturated rings. The fourth-order valence-electron chi connectivity index (χ4n) is 2.69. The predicted molar refractivity (Wildman–Crippen MR) is 86.7 cm³/mol. The van der Waals surface area contributed by atoms with Gasteiger partial charge in [0.1, 0.15) is 0 Å². The normalized spacial score (nSPS) is 17.9. The lowest BCUT2D eigenvalue weighted by atomic mass is 10.0. The van der Waals surface area contributed by atoms with Gasteiger partial charge in [0, 0.05) is 37.0 Å². The van der Waals surface area contributed by atoms with Crippen molar-refractivity contribution in [3.63, 3.8) is 0 Å². The van der Waals surface area contributed by atoms with Gasteiger partial charge in [-0.2, -0.15) is 0 Å². The van der Waals surface area contributed by atoms with E-state index in [1.165, 1.54) is 4.88 Å². The Labute approximate surface area is 131 Å². The van der Waals surface area contributed by atoms with Crippen LogP contribution >= 0.6 is 11.3 Å². The van der Waals surface area contributed by atoms with Crippen molar-refractivity contribution in [3.8, 4) is 0 Å². The first-order valence-electron chi connectivity index (χ1n) is 7.77. The number of rotatable bonds is 7. The van der Waals surface area contributed by atoms with Crippen molar-refractivity contribution in [2.24, 2.45) is 5.92 Å². The Bertz CT molecular complexity index is 414. The number of thiophene rings is 1. The topological polar surface area (TPSA) is 41.6 Å². The van der Waals surface area contributed by atoms with Crippen LogP contribution in [0, 0.1) is 5.92 Å². The van der Waals surface area contributed by atoms with E-state index >= 15 is 0 Å². The highest BCUT2D eigenvalue weighted by atomic mass is 32.1. The zero-order chi connectivity index (χ0) is 15.1. The molecule has 1 atom stereocenters. The van der Waals surface area contributed by atoms with Crippen LogP contribution < -0.4 is 5.32 Å². The maximum absolute atomic E-state index is 12.0. The SMILES string of the molecule is CC(C)[C@H](CNC(=O)CCc1cccs1)N1CCOCC1. The third-order valence-corrected chi connectivity index (χ3v) is 4.91. The summed E-state index contributed by atoms with van der Waals surface area (Å²) in [5.41, 5.74) is 0. The smallest absolute Gasteiger partial charge is 0.220 e. The summed E-state index contributed by atoms with van der Waals surface area (Å²) >= 11 is 1.71. The summed E-state index contributed by atoms with van der Waals surface area (Å²) in [4.78, 5) is 15.7. The van der Waals surface area contributed by atoms with E-state index in [0.717, 1.165) is 39.3 Å². The molecule has 1 aliphatic rings. The summed E-state index contributed by atoms with van der Waals surface area (Å²) in [6.45, 7) is 8.71. The van der Waals surface area contributed by atoms with Gasteiger partial charge in [0.05, 0.1) is 13.2 Å². The Hall–Kier alpha value is -0.910. The summed E-state index contributed by atoms with van der Waals surface area (Å²) in [5.74, 6) is 0.683. The molecule has 1 saturated heterocycles. The van der Waals surface area contributed by atoms with Crippen LogP contribution in [0.15, 0.2) is 17.5 Å². The molecule has 4 nitrogen and oxygen atoms in total. The van der Waals surface area contributed by atoms with E-state index in [1.54, 1.807) is 11.3 Å². The van der Waals surface area contributed by atoms with Gasteiger partial charge in [-0.25, -0.2) is 0 Å². The lowest BCUT2D eigenvalue weighted by molar-refractivity contribution is -0.121. The third-order valence-electron chi connectivity index (χ3n) is 3.97. The predicted octanol–water partition coefficient (Wildman–Crippen LogP) is 2.15. The van der Waals surface area contributed by atoms with Gasteiger partial charge >= 0.3 is 0 Å². The average molecular weight is 310 g/mol. The molecule has 21 heavy (non-hydrogen) atoms. The van der Waals surface area contributed by atoms with Crippen LogP contribution in [0.5, 0.6) is 0 Å². The number of carbonyl (C=O) groups excluding carboxylic acids is 1. The summed E-state index contributed by atoms with van der Waals surface area (Å²) < 4.78 is 5.41. The number of amides is 1. The van der Waals surface area contributed by atoms with Gasteiger partial charge in [-0.3, -0.25) is 9.69 Å². The zero-order valence-electron chi connectivity index (χ0n) is 13.0. The molecule has 0 bridgehead atoms. The van der Waals surface area contributed by atoms with Gasteiger partial charge in [0.25, 0.3) is 0 Å². The van der Waals surface area contributed by atoms with E-state index in [-0.39, 0.29) is 5.91 Å². The molecule has 1 amide bonds. The van der Waals surface area contributed by atoms with Crippen molar-refractivity contribution in [2.45, 2.75) is 32.7 Å². The number of hydrogen-bond donors (Lipinski definition) is 1. The average Bonchev–Trinajstić information content (AvgIpc) is 2.99. The van der Waals surface area contributed by atoms with E-state index in [4.69, 9.17) is 4.74 Å². The fraction of sp³-hybridized carbons (Fsp3) is 0.688. The molecule has 0 saturated carbocycles. The molecule has 0 radical (unpaired) electrons. The van der Waals surface area contributed by atoms with Crippen molar-refractivity contribution in [2.75, 3.05) is 32.8 Å². The largest absolute Gasteiger partial charge is 0.379 e. The standard InChI is InChI=1S/C16H26N2O2S/c1-13(2)15(18-7-9-20-10-8-18)12-17-16(19)6-5-14-4-3-11-21-14/h3-4,11,13,15H,5-10,12H2,1-2H3,(H,17,19)/t15-/m0/s1. The molecule has 0 unspecified atom stereocenters. The minimum absolute atomic E-state index is 0.155. The summed E-state index contributed by atoms with van der Waals surface area (Å²) in [5, 5.41) is 5.16. The van der Waals surface area contributed by atoms with Crippen LogP contribution in [0.25, 0.3) is 0 Å². The first-order chi connectivity index (χ1) is 10.2. The second-order valence-electron chi connectivity index (χ2n) is 5.84. The van der Waals surface area contributed by atoms with Crippen LogP contribution in [0.2, 0.25) is 0 Å². The minimum Gasteiger partial charge on any atom is -0.379 e. The lowest BCUT2D eigenvalue weighted by Crippen LogP contribution is -2.51. The molecule has 2 rings (SSSR count). The molecule has 1 aromatic heterocycles. The maximum atomic E-state index is 12.0. The van der Waals surface area contributed by atoms with E-state index in [2.05, 4.69) is 35.5 Å². The highest BCUT2D eigenvalue weighted by Crippen LogP contribution is 2.13. The molecule has 0 spiro atoms. The molecule has 1 N–H and O–H groups in total. The van der Waals surface area contributed by atoms with Gasteiger partial charge in [-0.05, 0) is 23.8 Å². The van der Waals surface area contributed by atoms with Gasteiger partial charge in [0.2, 0.25) is 5.91 Å². The summed E-state index contributed by atoms with van der Waals surface area (Å²) in [6, 6.07) is 4.52. The van der Waals surface area contributed by atoms with Crippen LogP contribution in [-0.2, 0) is 16.0 Å². The van der Waals surface area contributed by atoms with Crippen LogP contribution in [0.3, 0.4) is 0 Å². The second-order valence-corrected chi connectivity index (χ2v) is 6.88. The molecule has 118 valence electrons. The first-order valence-corrected chi connectivity index (χ1v) is 8.65. The number of hydrogen-bond acceptors (Lipinski definition) is 4. The minimum atomic E-state index is 0.155. The van der Waals surface area contributed by atoms with Crippen LogP contribution in [-0.4, -0.2) is 49.7 Å². The van der Waals surface area contributed by atoms with E-state index in [9.17, 15) is 4.79 Å². The van der Waals surface area contributed by atoms with Crippen molar-refractivity contribution < 1.29 is 9.53 Å². The fourth-order valence-corrected chi connectivity index (χ4v) is 3.40. The van der Waals surface area contributed by atoms with Gasteiger partial charge in [-0.1, -0.05) is 19.9 Å². The second kappa shape index (κ2) is 8.51. The van der Waals surface area contributed by atoms with Crippen LogP contribution in [0.1, 0.15) is 25.1 Å². The molecule has 1 aliphatic heterocycles. The Balaban J connectivity index is 1.74. The number of morpholine rings is 1. The number of nitrogens with one attached hydrogen (secondary N) is 1. The highest BCUT2D eigenvalue weighted by molar-refractivity contribution is 7.09. The molecule has 1 aromatic rings. The monoisotopic (exact) mass is 310 g/mol. The summed E-state index contributed by atoms with van der Waals surface area (Å²) in [6.07, 6.45) is 1.42. The maximum Gasteiger partial charge on any atom is 0.220 e.